The van der Waals surface area contributed by atoms with Gasteiger partial charge in [0, 0.05) is 31.2 Å². The van der Waals surface area contributed by atoms with E-state index in [1.54, 1.807) is 0 Å². The van der Waals surface area contributed by atoms with Gasteiger partial charge in [-0.05, 0) is 28.9 Å². The van der Waals surface area contributed by atoms with E-state index in [1.165, 1.54) is 24.0 Å². The molecule has 1 aromatic rings. The number of nitrogens with zero attached hydrogens (tertiary/aromatic N) is 1. The molecule has 1 unspecified atom stereocenters. The van der Waals surface area contributed by atoms with E-state index in [9.17, 15) is 14.0 Å². The second-order valence-electron chi connectivity index (χ2n) is 4.61. The van der Waals surface area contributed by atoms with Crippen molar-refractivity contribution in [1.29, 1.82) is 0 Å². The van der Waals surface area contributed by atoms with Gasteiger partial charge < -0.3 is 9.64 Å². The summed E-state index contributed by atoms with van der Waals surface area (Å²) in [5.74, 6) is -0.135. The minimum absolute atomic E-state index is 0.0277. The SMILES string of the molecule is CCOc1c(Br)cc(F)cc1N1CC(SC(C)=O)CC1=O. The molecule has 1 amide bonds. The van der Waals surface area contributed by atoms with Crippen LogP contribution in [0.1, 0.15) is 20.3 Å². The van der Waals surface area contributed by atoms with Crippen molar-refractivity contribution in [1.82, 2.24) is 0 Å². The van der Waals surface area contributed by atoms with Gasteiger partial charge >= 0.3 is 0 Å². The van der Waals surface area contributed by atoms with Crippen LogP contribution in [0.2, 0.25) is 0 Å². The molecule has 2 rings (SSSR count). The van der Waals surface area contributed by atoms with Crippen LogP contribution in [0.5, 0.6) is 5.75 Å². The number of benzene rings is 1. The number of thioether (sulfide) groups is 1. The number of halogens is 2. The largest absolute Gasteiger partial charge is 0.490 e. The van der Waals surface area contributed by atoms with Crippen molar-refractivity contribution in [3.63, 3.8) is 0 Å². The summed E-state index contributed by atoms with van der Waals surface area (Å²) in [6.45, 7) is 4.08. The Bertz CT molecular complexity index is 582. The Labute approximate surface area is 135 Å². The summed E-state index contributed by atoms with van der Waals surface area (Å²) in [6.07, 6.45) is 0.268. The number of carbonyl (C=O) groups is 2. The first-order valence-corrected chi connectivity index (χ1v) is 8.19. The van der Waals surface area contributed by atoms with E-state index in [1.807, 2.05) is 6.92 Å². The Hall–Kier alpha value is -1.08. The molecule has 1 fully saturated rings. The van der Waals surface area contributed by atoms with Gasteiger partial charge in [0.2, 0.25) is 5.91 Å². The first kappa shape index (κ1) is 16.3. The summed E-state index contributed by atoms with van der Waals surface area (Å²) < 4.78 is 19.6. The molecule has 7 heteroatoms. The molecule has 1 heterocycles. The van der Waals surface area contributed by atoms with Crippen LogP contribution in [0, 0.1) is 5.82 Å². The monoisotopic (exact) mass is 375 g/mol. The number of carbonyl (C=O) groups excluding carboxylic acids is 2. The molecule has 1 saturated heterocycles. The summed E-state index contributed by atoms with van der Waals surface area (Å²) in [6, 6.07) is 2.59. The maximum absolute atomic E-state index is 13.7. The van der Waals surface area contributed by atoms with Gasteiger partial charge in [0.15, 0.2) is 10.9 Å². The molecule has 0 spiro atoms. The fraction of sp³-hybridized carbons (Fsp3) is 0.429. The highest BCUT2D eigenvalue weighted by Crippen LogP contribution is 2.40. The Morgan fingerprint density at radius 2 is 2.29 bits per heavy atom. The van der Waals surface area contributed by atoms with E-state index in [-0.39, 0.29) is 22.7 Å². The Balaban J connectivity index is 2.33. The Kier molecular flexibility index (Phi) is 5.27. The van der Waals surface area contributed by atoms with Gasteiger partial charge in [-0.2, -0.15) is 0 Å². The molecule has 1 aliphatic heterocycles. The highest BCUT2D eigenvalue weighted by molar-refractivity contribution is 9.10. The first-order chi connectivity index (χ1) is 9.92. The molecule has 1 atom stereocenters. The third-order valence-electron chi connectivity index (χ3n) is 2.99. The molecular weight excluding hydrogens is 361 g/mol. The number of anilines is 1. The van der Waals surface area contributed by atoms with Crippen molar-refractivity contribution in [3.05, 3.63) is 22.4 Å². The number of rotatable bonds is 4. The van der Waals surface area contributed by atoms with E-state index in [0.717, 1.165) is 11.8 Å². The van der Waals surface area contributed by atoms with Crippen LogP contribution in [-0.4, -0.2) is 29.4 Å². The molecule has 114 valence electrons. The minimum Gasteiger partial charge on any atom is -0.490 e. The molecule has 0 saturated carbocycles. The lowest BCUT2D eigenvalue weighted by Gasteiger charge is -2.21. The van der Waals surface area contributed by atoms with Crippen molar-refractivity contribution < 1.29 is 18.7 Å². The predicted octanol–water partition coefficient (Wildman–Crippen LogP) is 3.37. The van der Waals surface area contributed by atoms with Gasteiger partial charge in [-0.1, -0.05) is 11.8 Å². The summed E-state index contributed by atoms with van der Waals surface area (Å²) >= 11 is 4.40. The van der Waals surface area contributed by atoms with Gasteiger partial charge in [-0.3, -0.25) is 9.59 Å². The van der Waals surface area contributed by atoms with E-state index >= 15 is 0 Å². The molecular formula is C14H15BrFNO3S. The van der Waals surface area contributed by atoms with Gasteiger partial charge in [-0.15, -0.1) is 0 Å². The van der Waals surface area contributed by atoms with Crippen LogP contribution in [-0.2, 0) is 9.59 Å². The second-order valence-corrected chi connectivity index (χ2v) is 6.94. The smallest absolute Gasteiger partial charge is 0.228 e. The van der Waals surface area contributed by atoms with E-state index < -0.39 is 5.82 Å². The fourth-order valence-electron chi connectivity index (χ4n) is 2.26. The molecule has 0 N–H and O–H groups in total. The van der Waals surface area contributed by atoms with Crippen LogP contribution < -0.4 is 9.64 Å². The Morgan fingerprint density at radius 1 is 1.57 bits per heavy atom. The molecule has 0 aliphatic carbocycles. The fourth-order valence-corrected chi connectivity index (χ4v) is 3.71. The van der Waals surface area contributed by atoms with Crippen LogP contribution in [0.25, 0.3) is 0 Å². The molecule has 0 bridgehead atoms. The van der Waals surface area contributed by atoms with E-state index in [4.69, 9.17) is 4.74 Å². The summed E-state index contributed by atoms with van der Waals surface area (Å²) in [5, 5.41) is -0.133. The highest BCUT2D eigenvalue weighted by Gasteiger charge is 2.34. The molecule has 4 nitrogen and oxygen atoms in total. The zero-order chi connectivity index (χ0) is 15.6. The number of hydrogen-bond donors (Lipinski definition) is 0. The standard InChI is InChI=1S/C14H15BrFNO3S/c1-3-20-14-11(15)4-9(16)5-12(14)17-7-10(6-13(17)19)21-8(2)18/h4-5,10H,3,6-7H2,1-2H3. The quantitative estimate of drug-likeness (QED) is 0.809. The molecule has 1 aliphatic rings. The molecule has 21 heavy (non-hydrogen) atoms. The summed E-state index contributed by atoms with van der Waals surface area (Å²) in [7, 11) is 0. The maximum Gasteiger partial charge on any atom is 0.228 e. The lowest BCUT2D eigenvalue weighted by atomic mass is 10.2. The van der Waals surface area contributed by atoms with Gasteiger partial charge in [0.05, 0.1) is 16.8 Å². The number of amides is 1. The maximum atomic E-state index is 13.7. The van der Waals surface area contributed by atoms with Crippen molar-refractivity contribution in [2.45, 2.75) is 25.5 Å². The first-order valence-electron chi connectivity index (χ1n) is 6.51. The normalized spacial score (nSPS) is 18.2. The minimum atomic E-state index is -0.448. The molecule has 0 radical (unpaired) electrons. The third-order valence-corrected chi connectivity index (χ3v) is 4.56. The zero-order valence-corrected chi connectivity index (χ0v) is 14.1. The predicted molar refractivity (Wildman–Crippen MR) is 84.3 cm³/mol. The topological polar surface area (TPSA) is 46.6 Å². The second kappa shape index (κ2) is 6.79. The van der Waals surface area contributed by atoms with Crippen molar-refractivity contribution >= 4 is 44.4 Å². The Morgan fingerprint density at radius 3 is 2.90 bits per heavy atom. The number of hydrogen-bond acceptors (Lipinski definition) is 4. The lowest BCUT2D eigenvalue weighted by molar-refractivity contribution is -0.117. The van der Waals surface area contributed by atoms with E-state index in [2.05, 4.69) is 15.9 Å². The van der Waals surface area contributed by atoms with E-state index in [0.29, 0.717) is 29.1 Å². The van der Waals surface area contributed by atoms with Crippen molar-refractivity contribution in [2.75, 3.05) is 18.1 Å². The van der Waals surface area contributed by atoms with Crippen LogP contribution in [0.4, 0.5) is 10.1 Å². The van der Waals surface area contributed by atoms with Crippen molar-refractivity contribution in [2.24, 2.45) is 0 Å². The average molecular weight is 376 g/mol. The van der Waals surface area contributed by atoms with Gasteiger partial charge in [0.1, 0.15) is 5.82 Å². The average Bonchev–Trinajstić information content (AvgIpc) is 2.72. The molecule has 0 aromatic heterocycles. The van der Waals surface area contributed by atoms with Crippen LogP contribution in [0.15, 0.2) is 16.6 Å². The van der Waals surface area contributed by atoms with Crippen LogP contribution in [0.3, 0.4) is 0 Å². The van der Waals surface area contributed by atoms with Gasteiger partial charge in [0.25, 0.3) is 0 Å². The van der Waals surface area contributed by atoms with Crippen molar-refractivity contribution in [3.8, 4) is 5.75 Å². The zero-order valence-electron chi connectivity index (χ0n) is 11.7. The lowest BCUT2D eigenvalue weighted by Crippen LogP contribution is -2.26. The van der Waals surface area contributed by atoms with Gasteiger partial charge in [-0.25, -0.2) is 4.39 Å². The summed E-state index contributed by atoms with van der Waals surface area (Å²) in [5.41, 5.74) is 0.403. The third kappa shape index (κ3) is 3.77. The highest BCUT2D eigenvalue weighted by atomic mass is 79.9. The number of ether oxygens (including phenoxy) is 1. The summed E-state index contributed by atoms with van der Waals surface area (Å²) in [4.78, 5) is 24.8. The van der Waals surface area contributed by atoms with Crippen LogP contribution >= 0.6 is 27.7 Å². The molecule has 1 aromatic carbocycles.